The Hall–Kier alpha value is -3.06. The molecule has 3 aromatic rings. The van der Waals surface area contributed by atoms with E-state index in [4.69, 9.17) is 5.10 Å². The molecule has 0 fully saturated rings. The second-order valence-electron chi connectivity index (χ2n) is 7.37. The summed E-state index contributed by atoms with van der Waals surface area (Å²) in [6.45, 7) is 3.74. The van der Waals surface area contributed by atoms with Gasteiger partial charge < -0.3 is 10.2 Å². The second kappa shape index (κ2) is 6.22. The van der Waals surface area contributed by atoms with Gasteiger partial charge in [-0.05, 0) is 32.0 Å². The highest BCUT2D eigenvalue weighted by molar-refractivity contribution is 8.02. The maximum absolute atomic E-state index is 13.7. The van der Waals surface area contributed by atoms with Crippen molar-refractivity contribution in [3.05, 3.63) is 71.4 Å². The Bertz CT molecular complexity index is 1160. The van der Waals surface area contributed by atoms with Gasteiger partial charge in [0.05, 0.1) is 16.6 Å². The normalized spacial score (nSPS) is 23.0. The van der Waals surface area contributed by atoms with Gasteiger partial charge in [-0.2, -0.15) is 5.10 Å². The summed E-state index contributed by atoms with van der Waals surface area (Å²) in [6, 6.07) is 17.4. The van der Waals surface area contributed by atoms with Crippen LogP contribution in [0, 0.1) is 6.92 Å². The smallest absolute Gasteiger partial charge is 0.252 e. The number of aromatic nitrogens is 2. The van der Waals surface area contributed by atoms with E-state index in [-0.39, 0.29) is 11.8 Å². The van der Waals surface area contributed by atoms with E-state index in [1.54, 1.807) is 16.6 Å². The first-order valence-electron chi connectivity index (χ1n) is 9.47. The van der Waals surface area contributed by atoms with E-state index in [0.29, 0.717) is 5.82 Å². The minimum absolute atomic E-state index is 0.0518. The van der Waals surface area contributed by atoms with Crippen LogP contribution in [0.3, 0.4) is 0 Å². The van der Waals surface area contributed by atoms with Crippen LogP contribution in [-0.2, 0) is 14.3 Å². The zero-order valence-corrected chi connectivity index (χ0v) is 17.2. The third-order valence-electron chi connectivity index (χ3n) is 5.63. The SMILES string of the molecule is Cc1nn(-c2ccccc2)c2c1C1(SC(C)C(=O)N2)C(=O)N(C)c2ccccc21. The Morgan fingerprint density at radius 1 is 1.07 bits per heavy atom. The lowest BCUT2D eigenvalue weighted by molar-refractivity contribution is -0.119. The molecular weight excluding hydrogens is 384 g/mol. The number of nitrogens with one attached hydrogen (secondary N) is 1. The summed E-state index contributed by atoms with van der Waals surface area (Å²) in [5.41, 5.74) is 4.08. The van der Waals surface area contributed by atoms with E-state index >= 15 is 0 Å². The number of para-hydroxylation sites is 2. The van der Waals surface area contributed by atoms with Crippen molar-refractivity contribution in [3.8, 4) is 5.69 Å². The molecule has 5 rings (SSSR count). The number of carbonyl (C=O) groups is 2. The fourth-order valence-electron chi connectivity index (χ4n) is 4.30. The standard InChI is InChI=1S/C22H20N4O2S/c1-13-18-19(26(24-13)15-9-5-4-6-10-15)23-20(27)14(2)29-22(18)16-11-7-8-12-17(16)25(3)21(22)28/h4-12,14H,1-3H3,(H,23,27). The quantitative estimate of drug-likeness (QED) is 0.674. The molecule has 3 heterocycles. The molecule has 146 valence electrons. The lowest BCUT2D eigenvalue weighted by Crippen LogP contribution is -2.38. The third kappa shape index (κ3) is 2.34. The highest BCUT2D eigenvalue weighted by atomic mass is 32.2. The van der Waals surface area contributed by atoms with E-state index in [2.05, 4.69) is 5.32 Å². The largest absolute Gasteiger partial charge is 0.313 e. The zero-order valence-electron chi connectivity index (χ0n) is 16.3. The molecular formula is C22H20N4O2S. The van der Waals surface area contributed by atoms with Crippen LogP contribution in [0.4, 0.5) is 11.5 Å². The van der Waals surface area contributed by atoms with Gasteiger partial charge in [0.2, 0.25) is 5.91 Å². The van der Waals surface area contributed by atoms with Gasteiger partial charge in [-0.25, -0.2) is 4.68 Å². The van der Waals surface area contributed by atoms with Crippen LogP contribution in [0.5, 0.6) is 0 Å². The molecule has 7 heteroatoms. The molecule has 0 saturated carbocycles. The monoisotopic (exact) mass is 404 g/mol. The van der Waals surface area contributed by atoms with Crippen molar-refractivity contribution < 1.29 is 9.59 Å². The lowest BCUT2D eigenvalue weighted by atomic mass is 9.91. The van der Waals surface area contributed by atoms with Crippen LogP contribution < -0.4 is 10.2 Å². The number of carbonyl (C=O) groups excluding carboxylic acids is 2. The molecule has 1 N–H and O–H groups in total. The summed E-state index contributed by atoms with van der Waals surface area (Å²) in [4.78, 5) is 28.3. The molecule has 2 aromatic carbocycles. The van der Waals surface area contributed by atoms with Gasteiger partial charge in [0.1, 0.15) is 5.82 Å². The topological polar surface area (TPSA) is 67.2 Å². The minimum Gasteiger partial charge on any atom is -0.313 e. The first-order valence-corrected chi connectivity index (χ1v) is 10.3. The molecule has 0 radical (unpaired) electrons. The molecule has 2 atom stereocenters. The van der Waals surface area contributed by atoms with Crippen molar-refractivity contribution in [1.29, 1.82) is 0 Å². The van der Waals surface area contributed by atoms with Crippen LogP contribution in [0.15, 0.2) is 54.6 Å². The van der Waals surface area contributed by atoms with E-state index < -0.39 is 10.00 Å². The van der Waals surface area contributed by atoms with Gasteiger partial charge >= 0.3 is 0 Å². The number of anilines is 2. The summed E-state index contributed by atoms with van der Waals surface area (Å²) in [5, 5.41) is 7.37. The molecule has 0 bridgehead atoms. The van der Waals surface area contributed by atoms with Crippen molar-refractivity contribution >= 4 is 35.1 Å². The summed E-state index contributed by atoms with van der Waals surface area (Å²) >= 11 is 1.39. The van der Waals surface area contributed by atoms with Gasteiger partial charge in [-0.15, -0.1) is 11.8 Å². The zero-order chi connectivity index (χ0) is 20.3. The predicted molar refractivity (Wildman–Crippen MR) is 115 cm³/mol. The third-order valence-corrected chi connectivity index (χ3v) is 7.15. The fraction of sp³-hybridized carbons (Fsp3) is 0.227. The van der Waals surface area contributed by atoms with Gasteiger partial charge in [0.15, 0.2) is 4.75 Å². The molecule has 0 saturated heterocycles. The first-order chi connectivity index (χ1) is 13.9. The molecule has 2 unspecified atom stereocenters. The Morgan fingerprint density at radius 2 is 1.76 bits per heavy atom. The van der Waals surface area contributed by atoms with Crippen molar-refractivity contribution in [3.63, 3.8) is 0 Å². The maximum atomic E-state index is 13.7. The van der Waals surface area contributed by atoms with Crippen LogP contribution in [-0.4, -0.2) is 33.9 Å². The Balaban J connectivity index is 1.86. The average Bonchev–Trinajstić information content (AvgIpc) is 3.12. The van der Waals surface area contributed by atoms with E-state index in [9.17, 15) is 9.59 Å². The van der Waals surface area contributed by atoms with E-state index in [0.717, 1.165) is 28.2 Å². The van der Waals surface area contributed by atoms with Crippen LogP contribution in [0.2, 0.25) is 0 Å². The number of hydrogen-bond acceptors (Lipinski definition) is 4. The molecule has 6 nitrogen and oxygen atoms in total. The van der Waals surface area contributed by atoms with E-state index in [1.165, 1.54) is 11.8 Å². The Labute approximate surface area is 172 Å². The number of nitrogens with zero attached hydrogens (tertiary/aromatic N) is 3. The number of rotatable bonds is 1. The fourth-order valence-corrected chi connectivity index (χ4v) is 5.89. The number of amides is 2. The van der Waals surface area contributed by atoms with Crippen molar-refractivity contribution in [2.24, 2.45) is 0 Å². The van der Waals surface area contributed by atoms with Crippen LogP contribution >= 0.6 is 11.8 Å². The molecule has 1 spiro atoms. The van der Waals surface area contributed by atoms with Crippen molar-refractivity contribution in [2.75, 3.05) is 17.3 Å². The molecule has 2 aliphatic heterocycles. The number of likely N-dealkylation sites (N-methyl/N-ethyl adjacent to an activating group) is 1. The Morgan fingerprint density at radius 3 is 2.52 bits per heavy atom. The highest BCUT2D eigenvalue weighted by Gasteiger charge is 2.57. The first kappa shape index (κ1) is 18.0. The lowest BCUT2D eigenvalue weighted by Gasteiger charge is -2.28. The van der Waals surface area contributed by atoms with Crippen molar-refractivity contribution in [2.45, 2.75) is 23.8 Å². The summed E-state index contributed by atoms with van der Waals surface area (Å²) in [5.74, 6) is 0.378. The molecule has 29 heavy (non-hydrogen) atoms. The summed E-state index contributed by atoms with van der Waals surface area (Å²) in [7, 11) is 1.79. The molecule has 0 aliphatic carbocycles. The molecule has 2 aliphatic rings. The van der Waals surface area contributed by atoms with Gasteiger partial charge in [-0.1, -0.05) is 36.4 Å². The number of fused-ring (bicyclic) bond motifs is 4. The van der Waals surface area contributed by atoms with Gasteiger partial charge in [0.25, 0.3) is 5.91 Å². The van der Waals surface area contributed by atoms with Crippen LogP contribution in [0.1, 0.15) is 23.7 Å². The van der Waals surface area contributed by atoms with E-state index in [1.807, 2.05) is 68.4 Å². The van der Waals surface area contributed by atoms with Gasteiger partial charge in [0, 0.05) is 23.9 Å². The Kier molecular flexibility index (Phi) is 3.86. The molecule has 2 amide bonds. The molecule has 1 aromatic heterocycles. The van der Waals surface area contributed by atoms with Crippen LogP contribution in [0.25, 0.3) is 5.69 Å². The highest BCUT2D eigenvalue weighted by Crippen LogP contribution is 2.57. The van der Waals surface area contributed by atoms with Gasteiger partial charge in [-0.3, -0.25) is 9.59 Å². The number of aryl methyl sites for hydroxylation is 1. The number of benzene rings is 2. The number of hydrogen-bond donors (Lipinski definition) is 1. The minimum atomic E-state index is -1.02. The number of thioether (sulfide) groups is 1. The summed E-state index contributed by atoms with van der Waals surface area (Å²) in [6.07, 6.45) is 0. The average molecular weight is 404 g/mol. The second-order valence-corrected chi connectivity index (χ2v) is 8.92. The predicted octanol–water partition coefficient (Wildman–Crippen LogP) is 3.47. The van der Waals surface area contributed by atoms with Crippen molar-refractivity contribution in [1.82, 2.24) is 9.78 Å². The summed E-state index contributed by atoms with van der Waals surface area (Å²) < 4.78 is 0.716. The maximum Gasteiger partial charge on any atom is 0.252 e.